The minimum atomic E-state index is 0.137. The van der Waals surface area contributed by atoms with E-state index < -0.39 is 0 Å². The molecule has 0 bridgehead atoms. The number of nitrogens with zero attached hydrogens (tertiary/aromatic N) is 1. The first-order valence-corrected chi connectivity index (χ1v) is 4.45. The Morgan fingerprint density at radius 2 is 1.91 bits per heavy atom. The summed E-state index contributed by atoms with van der Waals surface area (Å²) in [6.07, 6.45) is 4.55. The fourth-order valence-electron chi connectivity index (χ4n) is 1.53. The molecule has 1 radical (unpaired) electrons. The second-order valence-electron chi connectivity index (χ2n) is 3.54. The molecule has 0 heterocycles. The van der Waals surface area contributed by atoms with Crippen LogP contribution in [0.2, 0.25) is 0 Å². The summed E-state index contributed by atoms with van der Waals surface area (Å²) in [5.41, 5.74) is 0. The van der Waals surface area contributed by atoms with E-state index in [1.807, 2.05) is 13.8 Å². The number of hydrogen-bond donors (Lipinski definition) is 0. The lowest BCUT2D eigenvalue weighted by Gasteiger charge is -2.09. The van der Waals surface area contributed by atoms with Crippen molar-refractivity contribution >= 4 is 5.91 Å². The zero-order valence-electron chi connectivity index (χ0n) is 7.34. The highest BCUT2D eigenvalue weighted by atomic mass is 16.1. The lowest BCUT2D eigenvalue weighted by Crippen LogP contribution is -2.27. The molecule has 0 unspecified atom stereocenters. The summed E-state index contributed by atoms with van der Waals surface area (Å²) in [5.74, 6) is 0.398. The van der Waals surface area contributed by atoms with Crippen molar-refractivity contribution < 1.29 is 4.79 Å². The van der Waals surface area contributed by atoms with Crippen LogP contribution < -0.4 is 5.32 Å². The molecule has 1 saturated carbocycles. The Bertz CT molecular complexity index is 136. The Labute approximate surface area is 68.4 Å². The maximum Gasteiger partial charge on any atom is 0.244 e. The first-order valence-electron chi connectivity index (χ1n) is 4.45. The van der Waals surface area contributed by atoms with Crippen LogP contribution in [0.25, 0.3) is 0 Å². The van der Waals surface area contributed by atoms with Gasteiger partial charge in [-0.15, -0.1) is 0 Å². The number of rotatable bonds is 2. The van der Waals surface area contributed by atoms with Crippen molar-refractivity contribution in [2.45, 2.75) is 45.6 Å². The molecule has 1 amide bonds. The van der Waals surface area contributed by atoms with Crippen LogP contribution >= 0.6 is 0 Å². The molecule has 0 aromatic heterocycles. The maximum absolute atomic E-state index is 11.3. The SMILES string of the molecule is CC(C)[N]C(=O)C1CCCC1. The highest BCUT2D eigenvalue weighted by Gasteiger charge is 2.23. The van der Waals surface area contributed by atoms with Gasteiger partial charge in [-0.05, 0) is 26.7 Å². The maximum atomic E-state index is 11.3. The van der Waals surface area contributed by atoms with E-state index in [0.29, 0.717) is 0 Å². The summed E-state index contributed by atoms with van der Waals surface area (Å²) in [6.45, 7) is 3.90. The van der Waals surface area contributed by atoms with Gasteiger partial charge in [0.05, 0.1) is 0 Å². The molecule has 1 fully saturated rings. The average Bonchev–Trinajstić information content (AvgIpc) is 2.35. The number of carbonyl (C=O) groups is 1. The van der Waals surface area contributed by atoms with Crippen LogP contribution in [-0.4, -0.2) is 11.9 Å². The summed E-state index contributed by atoms with van der Waals surface area (Å²) < 4.78 is 0. The van der Waals surface area contributed by atoms with E-state index in [1.54, 1.807) is 0 Å². The van der Waals surface area contributed by atoms with E-state index in [0.717, 1.165) is 12.8 Å². The van der Waals surface area contributed by atoms with E-state index in [-0.39, 0.29) is 17.9 Å². The van der Waals surface area contributed by atoms with E-state index in [1.165, 1.54) is 12.8 Å². The van der Waals surface area contributed by atoms with Gasteiger partial charge in [-0.1, -0.05) is 12.8 Å². The quantitative estimate of drug-likeness (QED) is 0.595. The van der Waals surface area contributed by atoms with Crippen LogP contribution in [0.1, 0.15) is 39.5 Å². The van der Waals surface area contributed by atoms with Gasteiger partial charge in [0.15, 0.2) is 0 Å². The molecular formula is C9H16NO. The largest absolute Gasteiger partial charge is 0.273 e. The molecule has 0 aromatic carbocycles. The summed E-state index contributed by atoms with van der Waals surface area (Å²) in [7, 11) is 0. The van der Waals surface area contributed by atoms with Crippen LogP contribution in [-0.2, 0) is 4.79 Å². The second-order valence-corrected chi connectivity index (χ2v) is 3.54. The molecule has 0 atom stereocenters. The van der Waals surface area contributed by atoms with Crippen molar-refractivity contribution in [3.05, 3.63) is 0 Å². The number of amides is 1. The predicted octanol–water partition coefficient (Wildman–Crippen LogP) is 1.72. The van der Waals surface area contributed by atoms with Gasteiger partial charge in [0.25, 0.3) is 0 Å². The second kappa shape index (κ2) is 3.74. The van der Waals surface area contributed by atoms with Crippen molar-refractivity contribution in [2.24, 2.45) is 5.92 Å². The molecule has 0 N–H and O–H groups in total. The molecule has 0 saturated heterocycles. The molecular weight excluding hydrogens is 138 g/mol. The van der Waals surface area contributed by atoms with Crippen molar-refractivity contribution in [3.63, 3.8) is 0 Å². The van der Waals surface area contributed by atoms with E-state index in [2.05, 4.69) is 5.32 Å². The first kappa shape index (κ1) is 8.57. The van der Waals surface area contributed by atoms with Crippen molar-refractivity contribution in [1.29, 1.82) is 0 Å². The molecule has 0 spiro atoms. The van der Waals surface area contributed by atoms with Gasteiger partial charge in [-0.25, -0.2) is 5.32 Å². The normalized spacial score (nSPS) is 19.2. The zero-order chi connectivity index (χ0) is 8.27. The van der Waals surface area contributed by atoms with Crippen molar-refractivity contribution in [3.8, 4) is 0 Å². The van der Waals surface area contributed by atoms with E-state index in [9.17, 15) is 4.79 Å². The number of hydrogen-bond acceptors (Lipinski definition) is 1. The highest BCUT2D eigenvalue weighted by molar-refractivity contribution is 5.78. The molecule has 0 aliphatic heterocycles. The molecule has 11 heavy (non-hydrogen) atoms. The smallest absolute Gasteiger partial charge is 0.244 e. The lowest BCUT2D eigenvalue weighted by atomic mass is 10.1. The van der Waals surface area contributed by atoms with Crippen LogP contribution in [0.15, 0.2) is 0 Å². The third-order valence-electron chi connectivity index (χ3n) is 2.09. The fourth-order valence-corrected chi connectivity index (χ4v) is 1.53. The Balaban J connectivity index is 2.28. The predicted molar refractivity (Wildman–Crippen MR) is 44.2 cm³/mol. The summed E-state index contributed by atoms with van der Waals surface area (Å²) >= 11 is 0. The molecule has 63 valence electrons. The van der Waals surface area contributed by atoms with E-state index >= 15 is 0 Å². The van der Waals surface area contributed by atoms with Crippen molar-refractivity contribution in [2.75, 3.05) is 0 Å². The molecule has 2 heteroatoms. The molecule has 2 nitrogen and oxygen atoms in total. The van der Waals surface area contributed by atoms with Gasteiger partial charge < -0.3 is 0 Å². The minimum Gasteiger partial charge on any atom is -0.273 e. The van der Waals surface area contributed by atoms with Gasteiger partial charge in [0.2, 0.25) is 5.91 Å². The summed E-state index contributed by atoms with van der Waals surface area (Å²) in [5, 5.41) is 4.02. The number of carbonyl (C=O) groups excluding carboxylic acids is 1. The Morgan fingerprint density at radius 3 is 2.36 bits per heavy atom. The Morgan fingerprint density at radius 1 is 1.36 bits per heavy atom. The molecule has 1 aliphatic rings. The summed E-state index contributed by atoms with van der Waals surface area (Å²) in [4.78, 5) is 11.3. The van der Waals surface area contributed by atoms with Gasteiger partial charge in [0, 0.05) is 12.0 Å². The highest BCUT2D eigenvalue weighted by Crippen LogP contribution is 2.24. The van der Waals surface area contributed by atoms with Gasteiger partial charge in [-0.3, -0.25) is 4.79 Å². The van der Waals surface area contributed by atoms with Crippen LogP contribution in [0.5, 0.6) is 0 Å². The van der Waals surface area contributed by atoms with Crippen LogP contribution in [0.3, 0.4) is 0 Å². The first-order chi connectivity index (χ1) is 5.20. The topological polar surface area (TPSA) is 31.2 Å². The molecule has 0 aromatic rings. The third-order valence-corrected chi connectivity index (χ3v) is 2.09. The van der Waals surface area contributed by atoms with E-state index in [4.69, 9.17) is 0 Å². The minimum absolute atomic E-state index is 0.137. The molecule has 1 rings (SSSR count). The molecule has 1 aliphatic carbocycles. The Kier molecular flexibility index (Phi) is 2.92. The Hall–Kier alpha value is -0.530. The van der Waals surface area contributed by atoms with Crippen LogP contribution in [0, 0.1) is 5.92 Å². The third kappa shape index (κ3) is 2.52. The monoisotopic (exact) mass is 154 g/mol. The fraction of sp³-hybridized carbons (Fsp3) is 0.889. The van der Waals surface area contributed by atoms with Gasteiger partial charge in [0.1, 0.15) is 0 Å². The van der Waals surface area contributed by atoms with Crippen LogP contribution in [0.4, 0.5) is 0 Å². The lowest BCUT2D eigenvalue weighted by molar-refractivity contribution is -0.125. The average molecular weight is 154 g/mol. The standard InChI is InChI=1S/C9H16NO/c1-7(2)10-9(11)8-5-3-4-6-8/h7-8H,3-6H2,1-2H3. The zero-order valence-corrected chi connectivity index (χ0v) is 7.34. The van der Waals surface area contributed by atoms with Crippen molar-refractivity contribution in [1.82, 2.24) is 5.32 Å². The van der Waals surface area contributed by atoms with Gasteiger partial charge >= 0.3 is 0 Å². The van der Waals surface area contributed by atoms with Gasteiger partial charge in [-0.2, -0.15) is 0 Å². The summed E-state index contributed by atoms with van der Waals surface area (Å²) in [6, 6.07) is 0.170.